The van der Waals surface area contributed by atoms with E-state index in [1.807, 2.05) is 0 Å². The molecule has 0 atom stereocenters. The third-order valence-electron chi connectivity index (χ3n) is 8.33. The molecule has 2 aromatic heterocycles. The number of hydrogen-bond donors (Lipinski definition) is 0. The van der Waals surface area contributed by atoms with E-state index in [9.17, 15) is 0 Å². The summed E-state index contributed by atoms with van der Waals surface area (Å²) in [6.07, 6.45) is 0. The fourth-order valence-electron chi connectivity index (χ4n) is 6.49. The zero-order chi connectivity index (χ0) is 28.2. The lowest BCUT2D eigenvalue weighted by Gasteiger charge is -2.17. The van der Waals surface area contributed by atoms with Crippen molar-refractivity contribution in [2.45, 2.75) is 0 Å². The molecule has 0 saturated carbocycles. The van der Waals surface area contributed by atoms with Gasteiger partial charge in [0.1, 0.15) is 11.5 Å². The van der Waals surface area contributed by atoms with E-state index >= 15 is 0 Å². The predicted octanol–water partition coefficient (Wildman–Crippen LogP) is 9.56. The van der Waals surface area contributed by atoms with E-state index in [-0.39, 0.29) is 0 Å². The summed E-state index contributed by atoms with van der Waals surface area (Å²) >= 11 is 0. The highest BCUT2D eigenvalue weighted by molar-refractivity contribution is 6.10. The topological polar surface area (TPSA) is 28.3 Å². The van der Waals surface area contributed by atoms with Crippen LogP contribution in [0.5, 0.6) is 11.5 Å². The third-order valence-corrected chi connectivity index (χ3v) is 8.33. The van der Waals surface area contributed by atoms with Gasteiger partial charge in [0, 0.05) is 44.0 Å². The van der Waals surface area contributed by atoms with Crippen LogP contribution in [0.15, 0.2) is 133 Å². The highest BCUT2D eigenvalue weighted by Crippen LogP contribution is 2.42. The van der Waals surface area contributed by atoms with Crippen molar-refractivity contribution in [2.24, 2.45) is 0 Å². The van der Waals surface area contributed by atoms with Crippen LogP contribution in [0, 0.1) is 0 Å². The summed E-state index contributed by atoms with van der Waals surface area (Å²) in [7, 11) is 3.45. The Morgan fingerprint density at radius 2 is 0.690 bits per heavy atom. The Kier molecular flexibility index (Phi) is 5.54. The Morgan fingerprint density at radius 3 is 1.00 bits per heavy atom. The number of para-hydroxylation sites is 4. The van der Waals surface area contributed by atoms with Crippen LogP contribution < -0.4 is 9.47 Å². The van der Waals surface area contributed by atoms with Crippen molar-refractivity contribution in [1.82, 2.24) is 9.13 Å². The van der Waals surface area contributed by atoms with E-state index in [0.717, 1.165) is 34.0 Å². The van der Waals surface area contributed by atoms with Crippen molar-refractivity contribution in [3.63, 3.8) is 0 Å². The van der Waals surface area contributed by atoms with Crippen LogP contribution in [-0.4, -0.2) is 23.4 Å². The van der Waals surface area contributed by atoms with Gasteiger partial charge in [-0.05, 0) is 60.7 Å². The van der Waals surface area contributed by atoms with Crippen molar-refractivity contribution >= 4 is 43.6 Å². The standard InChI is InChI=1S/C38H28N2O2/c1-41-37-21-19-25(39-33-15-7-3-11-27(33)28-12-4-8-16-34(28)39)23-31(37)32-24-26(20-22-38(32)42-2)40-35-17-9-5-13-29(35)30-14-6-10-18-36(30)40/h3-24H,1-2H3. The molecule has 42 heavy (non-hydrogen) atoms. The van der Waals surface area contributed by atoms with Gasteiger partial charge in [-0.3, -0.25) is 0 Å². The minimum atomic E-state index is 0.789. The molecule has 0 bridgehead atoms. The Bertz CT molecular complexity index is 2020. The lowest BCUT2D eigenvalue weighted by molar-refractivity contribution is 0.410. The molecule has 6 aromatic carbocycles. The first-order valence-electron chi connectivity index (χ1n) is 14.1. The van der Waals surface area contributed by atoms with Crippen LogP contribution in [0.1, 0.15) is 0 Å². The summed E-state index contributed by atoms with van der Waals surface area (Å²) in [5.74, 6) is 1.58. The quantitative estimate of drug-likeness (QED) is 0.216. The minimum Gasteiger partial charge on any atom is -0.496 e. The van der Waals surface area contributed by atoms with Crippen LogP contribution in [0.3, 0.4) is 0 Å². The second kappa shape index (κ2) is 9.57. The van der Waals surface area contributed by atoms with Crippen LogP contribution >= 0.6 is 0 Å². The number of ether oxygens (including phenoxy) is 2. The zero-order valence-corrected chi connectivity index (χ0v) is 23.4. The first-order chi connectivity index (χ1) is 20.8. The molecule has 0 amide bonds. The second-order valence-corrected chi connectivity index (χ2v) is 10.5. The Hall–Kier alpha value is -5.48. The smallest absolute Gasteiger partial charge is 0.126 e. The summed E-state index contributed by atoms with van der Waals surface area (Å²) in [5, 5.41) is 4.93. The van der Waals surface area contributed by atoms with E-state index in [0.29, 0.717) is 0 Å². The second-order valence-electron chi connectivity index (χ2n) is 10.5. The highest BCUT2D eigenvalue weighted by atomic mass is 16.5. The normalized spacial score (nSPS) is 11.6. The lowest BCUT2D eigenvalue weighted by Crippen LogP contribution is -1.99. The molecule has 0 aliphatic carbocycles. The largest absolute Gasteiger partial charge is 0.496 e. The lowest BCUT2D eigenvalue weighted by atomic mass is 10.0. The summed E-state index contributed by atoms with van der Waals surface area (Å²) in [6, 6.07) is 47.1. The number of nitrogens with zero attached hydrogens (tertiary/aromatic N) is 2. The van der Waals surface area contributed by atoms with Crippen molar-refractivity contribution in [1.29, 1.82) is 0 Å². The minimum absolute atomic E-state index is 0.789. The fourth-order valence-corrected chi connectivity index (χ4v) is 6.49. The Labute approximate surface area is 243 Å². The SMILES string of the molecule is COc1ccc(-n2c3ccccc3c3ccccc32)cc1-c1cc(-n2c3ccccc3c3ccccc32)ccc1OC. The molecule has 0 aliphatic rings. The van der Waals surface area contributed by atoms with Crippen LogP contribution in [0.25, 0.3) is 66.1 Å². The van der Waals surface area contributed by atoms with Gasteiger partial charge in [-0.15, -0.1) is 0 Å². The maximum Gasteiger partial charge on any atom is 0.126 e. The summed E-state index contributed by atoms with van der Waals surface area (Å²) in [4.78, 5) is 0. The molecule has 4 heteroatoms. The van der Waals surface area contributed by atoms with Gasteiger partial charge in [0.05, 0.1) is 36.3 Å². The van der Waals surface area contributed by atoms with E-state index in [1.165, 1.54) is 43.6 Å². The monoisotopic (exact) mass is 544 g/mol. The predicted molar refractivity (Wildman–Crippen MR) is 174 cm³/mol. The molecule has 0 aliphatic heterocycles. The number of benzene rings is 6. The van der Waals surface area contributed by atoms with Crippen LogP contribution in [0.2, 0.25) is 0 Å². The highest BCUT2D eigenvalue weighted by Gasteiger charge is 2.19. The van der Waals surface area contributed by atoms with Gasteiger partial charge in [-0.1, -0.05) is 72.8 Å². The molecule has 202 valence electrons. The molecule has 4 nitrogen and oxygen atoms in total. The molecule has 0 N–H and O–H groups in total. The molecule has 0 fully saturated rings. The van der Waals surface area contributed by atoms with Gasteiger partial charge in [-0.2, -0.15) is 0 Å². The molecule has 0 unspecified atom stereocenters. The molecule has 8 rings (SSSR count). The van der Waals surface area contributed by atoms with Crippen molar-refractivity contribution in [3.8, 4) is 34.0 Å². The maximum atomic E-state index is 5.95. The summed E-state index contributed by atoms with van der Waals surface area (Å²) in [5.41, 5.74) is 8.73. The Morgan fingerprint density at radius 1 is 0.381 bits per heavy atom. The van der Waals surface area contributed by atoms with E-state index in [1.54, 1.807) is 14.2 Å². The third kappa shape index (κ3) is 3.55. The molecule has 0 saturated heterocycles. The average molecular weight is 545 g/mol. The number of aromatic nitrogens is 2. The number of rotatable bonds is 5. The number of methoxy groups -OCH3 is 2. The first kappa shape index (κ1) is 24.3. The van der Waals surface area contributed by atoms with Crippen molar-refractivity contribution < 1.29 is 9.47 Å². The maximum absolute atomic E-state index is 5.95. The molecule has 2 heterocycles. The van der Waals surface area contributed by atoms with Crippen molar-refractivity contribution in [2.75, 3.05) is 14.2 Å². The van der Waals surface area contributed by atoms with Crippen molar-refractivity contribution in [3.05, 3.63) is 133 Å². The van der Waals surface area contributed by atoms with Gasteiger partial charge in [0.25, 0.3) is 0 Å². The molecular formula is C38H28N2O2. The average Bonchev–Trinajstić information content (AvgIpc) is 3.57. The van der Waals surface area contributed by atoms with Crippen LogP contribution in [0.4, 0.5) is 0 Å². The van der Waals surface area contributed by atoms with Gasteiger partial charge in [0.15, 0.2) is 0 Å². The van der Waals surface area contributed by atoms with Crippen LogP contribution in [-0.2, 0) is 0 Å². The fraction of sp³-hybridized carbons (Fsp3) is 0.0526. The number of fused-ring (bicyclic) bond motifs is 6. The summed E-state index contributed by atoms with van der Waals surface area (Å²) in [6.45, 7) is 0. The molecule has 0 spiro atoms. The van der Waals surface area contributed by atoms with Gasteiger partial charge in [-0.25, -0.2) is 0 Å². The van der Waals surface area contributed by atoms with Gasteiger partial charge >= 0.3 is 0 Å². The van der Waals surface area contributed by atoms with E-state index in [2.05, 4.69) is 143 Å². The molecule has 8 aromatic rings. The molecule has 0 radical (unpaired) electrons. The Balaban J connectivity index is 1.39. The number of hydrogen-bond acceptors (Lipinski definition) is 2. The van der Waals surface area contributed by atoms with Gasteiger partial charge < -0.3 is 18.6 Å². The zero-order valence-electron chi connectivity index (χ0n) is 23.4. The van der Waals surface area contributed by atoms with Gasteiger partial charge in [0.2, 0.25) is 0 Å². The van der Waals surface area contributed by atoms with E-state index in [4.69, 9.17) is 9.47 Å². The first-order valence-corrected chi connectivity index (χ1v) is 14.1. The summed E-state index contributed by atoms with van der Waals surface area (Å²) < 4.78 is 16.6. The molecular weight excluding hydrogens is 516 g/mol. The van der Waals surface area contributed by atoms with E-state index < -0.39 is 0 Å².